The Kier molecular flexibility index (Phi) is 4.12. The molecule has 1 aromatic carbocycles. The first-order valence-corrected chi connectivity index (χ1v) is 6.17. The smallest absolute Gasteiger partial charge is 0.215 e. The number of carbonyl (C=O) groups excluding carboxylic acids is 1. The summed E-state index contributed by atoms with van der Waals surface area (Å²) in [5, 5.41) is 4.05. The van der Waals surface area contributed by atoms with Crippen molar-refractivity contribution in [3.63, 3.8) is 0 Å². The van der Waals surface area contributed by atoms with Gasteiger partial charge in [-0.3, -0.25) is 9.48 Å². The van der Waals surface area contributed by atoms with Crippen molar-refractivity contribution < 1.29 is 18.3 Å². The first-order valence-electron chi connectivity index (χ1n) is 6.17. The molecule has 0 radical (unpaired) electrons. The summed E-state index contributed by atoms with van der Waals surface area (Å²) in [4.78, 5) is 12.4. The van der Waals surface area contributed by atoms with Crippen LogP contribution in [-0.2, 0) is 6.54 Å². The molecule has 4 nitrogen and oxygen atoms in total. The number of aryl methyl sites for hydroxylation is 1. The largest absolute Gasteiger partial charge is 0.493 e. The molecule has 0 amide bonds. The molecule has 2 rings (SSSR count). The van der Waals surface area contributed by atoms with Crippen molar-refractivity contribution in [2.75, 3.05) is 7.11 Å². The predicted octanol–water partition coefficient (Wildman–Crippen LogP) is 2.81. The molecule has 0 aliphatic rings. The third-order valence-corrected chi connectivity index (χ3v) is 2.80. The predicted molar refractivity (Wildman–Crippen MR) is 68.9 cm³/mol. The molecule has 0 aliphatic carbocycles. The summed E-state index contributed by atoms with van der Waals surface area (Å²) in [6, 6.07) is 2.71. The van der Waals surface area contributed by atoms with E-state index in [-0.39, 0.29) is 17.0 Å². The Labute approximate surface area is 115 Å². The van der Waals surface area contributed by atoms with Gasteiger partial charge in [0, 0.05) is 18.2 Å². The van der Waals surface area contributed by atoms with Crippen LogP contribution in [0.25, 0.3) is 0 Å². The highest BCUT2D eigenvalue weighted by Gasteiger charge is 2.21. The average molecular weight is 280 g/mol. The van der Waals surface area contributed by atoms with Gasteiger partial charge in [0.2, 0.25) is 5.78 Å². The second-order valence-corrected chi connectivity index (χ2v) is 4.27. The molecule has 6 heteroatoms. The fraction of sp³-hybridized carbons (Fsp3) is 0.286. The van der Waals surface area contributed by atoms with Crippen molar-refractivity contribution >= 4 is 5.78 Å². The van der Waals surface area contributed by atoms with E-state index in [9.17, 15) is 13.6 Å². The number of hydrogen-bond acceptors (Lipinski definition) is 3. The van der Waals surface area contributed by atoms with Crippen LogP contribution < -0.4 is 4.74 Å². The normalized spacial score (nSPS) is 10.6. The average Bonchev–Trinajstić information content (AvgIpc) is 2.80. The highest BCUT2D eigenvalue weighted by Crippen LogP contribution is 2.22. The van der Waals surface area contributed by atoms with Crippen LogP contribution in [-0.4, -0.2) is 22.7 Å². The van der Waals surface area contributed by atoms with Crippen molar-refractivity contribution in [1.82, 2.24) is 9.78 Å². The van der Waals surface area contributed by atoms with E-state index in [1.165, 1.54) is 18.0 Å². The van der Waals surface area contributed by atoms with Gasteiger partial charge in [-0.25, -0.2) is 8.78 Å². The molecule has 0 aliphatic heterocycles. The maximum Gasteiger partial charge on any atom is 0.215 e. The van der Waals surface area contributed by atoms with Crippen LogP contribution in [0.15, 0.2) is 24.4 Å². The first-order chi connectivity index (χ1) is 9.56. The molecule has 0 unspecified atom stereocenters. The molecular formula is C14H14F2N2O2. The number of rotatable bonds is 5. The minimum Gasteiger partial charge on any atom is -0.493 e. The number of ketones is 1. The Morgan fingerprint density at radius 2 is 1.95 bits per heavy atom. The Hall–Kier alpha value is -2.24. The molecule has 0 spiro atoms. The zero-order valence-electron chi connectivity index (χ0n) is 11.2. The lowest BCUT2D eigenvalue weighted by Gasteiger charge is -2.07. The maximum atomic E-state index is 13.2. The van der Waals surface area contributed by atoms with E-state index >= 15 is 0 Å². The number of nitrogens with zero attached hydrogens (tertiary/aromatic N) is 2. The van der Waals surface area contributed by atoms with Gasteiger partial charge in [-0.2, -0.15) is 5.10 Å². The highest BCUT2D eigenvalue weighted by molar-refractivity contribution is 6.09. The van der Waals surface area contributed by atoms with Crippen LogP contribution in [0.5, 0.6) is 5.75 Å². The molecule has 0 N–H and O–H groups in total. The van der Waals surface area contributed by atoms with Gasteiger partial charge in [-0.1, -0.05) is 6.92 Å². The van der Waals surface area contributed by atoms with Crippen molar-refractivity contribution in [3.05, 3.63) is 47.3 Å². The summed E-state index contributed by atoms with van der Waals surface area (Å²) < 4.78 is 33.0. The first kappa shape index (κ1) is 14.2. The molecule has 20 heavy (non-hydrogen) atoms. The number of halogens is 2. The molecule has 106 valence electrons. The second-order valence-electron chi connectivity index (χ2n) is 4.27. The number of carbonyl (C=O) groups is 1. The van der Waals surface area contributed by atoms with Gasteiger partial charge in [-0.15, -0.1) is 0 Å². The van der Waals surface area contributed by atoms with Crippen LogP contribution in [0.3, 0.4) is 0 Å². The van der Waals surface area contributed by atoms with E-state index in [0.29, 0.717) is 6.54 Å². The van der Waals surface area contributed by atoms with Crippen LogP contribution in [0.2, 0.25) is 0 Å². The summed E-state index contributed by atoms with van der Waals surface area (Å²) in [6.07, 6.45) is 2.18. The monoisotopic (exact) mass is 280 g/mol. The van der Waals surface area contributed by atoms with Gasteiger partial charge >= 0.3 is 0 Å². The second kappa shape index (κ2) is 5.81. The SMILES string of the molecule is CCCn1ncc(OC)c1C(=O)c1cc(F)cc(F)c1. The number of aromatic nitrogens is 2. The topological polar surface area (TPSA) is 44.1 Å². The van der Waals surface area contributed by atoms with Crippen LogP contribution in [0, 0.1) is 11.6 Å². The summed E-state index contributed by atoms with van der Waals surface area (Å²) >= 11 is 0. The van der Waals surface area contributed by atoms with E-state index in [2.05, 4.69) is 5.10 Å². The van der Waals surface area contributed by atoms with Crippen molar-refractivity contribution in [1.29, 1.82) is 0 Å². The van der Waals surface area contributed by atoms with Crippen LogP contribution >= 0.6 is 0 Å². The third-order valence-electron chi connectivity index (χ3n) is 2.80. The lowest BCUT2D eigenvalue weighted by atomic mass is 10.1. The van der Waals surface area contributed by atoms with Crippen LogP contribution in [0.4, 0.5) is 8.78 Å². The zero-order chi connectivity index (χ0) is 14.7. The molecular weight excluding hydrogens is 266 g/mol. The molecule has 2 aromatic rings. The van der Waals surface area contributed by atoms with Gasteiger partial charge < -0.3 is 4.74 Å². The zero-order valence-corrected chi connectivity index (χ0v) is 11.2. The van der Waals surface area contributed by atoms with Gasteiger partial charge in [0.15, 0.2) is 11.4 Å². The number of ether oxygens (including phenoxy) is 1. The van der Waals surface area contributed by atoms with E-state index < -0.39 is 17.4 Å². The van der Waals surface area contributed by atoms with Crippen molar-refractivity contribution in [2.45, 2.75) is 19.9 Å². The molecule has 0 bridgehead atoms. The Morgan fingerprint density at radius 3 is 2.50 bits per heavy atom. The minimum atomic E-state index is -0.797. The fourth-order valence-corrected chi connectivity index (χ4v) is 1.95. The quantitative estimate of drug-likeness (QED) is 0.791. The molecule has 0 saturated carbocycles. The van der Waals surface area contributed by atoms with Crippen LogP contribution in [0.1, 0.15) is 29.4 Å². The summed E-state index contributed by atoms with van der Waals surface area (Å²) in [6.45, 7) is 2.45. The molecule has 1 aromatic heterocycles. The van der Waals surface area contributed by atoms with Crippen molar-refractivity contribution in [2.24, 2.45) is 0 Å². The lowest BCUT2D eigenvalue weighted by molar-refractivity contribution is 0.102. The van der Waals surface area contributed by atoms with E-state index in [0.717, 1.165) is 24.6 Å². The number of hydrogen-bond donors (Lipinski definition) is 0. The molecule has 0 saturated heterocycles. The number of methoxy groups -OCH3 is 1. The molecule has 1 heterocycles. The Balaban J connectivity index is 2.49. The third kappa shape index (κ3) is 2.68. The maximum absolute atomic E-state index is 13.2. The molecule has 0 fully saturated rings. The fourth-order valence-electron chi connectivity index (χ4n) is 1.95. The minimum absolute atomic E-state index is 0.0707. The Morgan fingerprint density at radius 1 is 1.30 bits per heavy atom. The summed E-state index contributed by atoms with van der Waals surface area (Å²) in [7, 11) is 1.41. The summed E-state index contributed by atoms with van der Waals surface area (Å²) in [5.41, 5.74) is 0.123. The van der Waals surface area contributed by atoms with E-state index in [4.69, 9.17) is 4.74 Å². The number of benzene rings is 1. The highest BCUT2D eigenvalue weighted by atomic mass is 19.1. The molecule has 0 atom stereocenters. The van der Waals surface area contributed by atoms with E-state index in [1.54, 1.807) is 0 Å². The van der Waals surface area contributed by atoms with E-state index in [1.807, 2.05) is 6.92 Å². The van der Waals surface area contributed by atoms with Gasteiger partial charge in [-0.05, 0) is 18.6 Å². The lowest BCUT2D eigenvalue weighted by Crippen LogP contribution is -2.13. The summed E-state index contributed by atoms with van der Waals surface area (Å²) in [5.74, 6) is -1.83. The Bertz CT molecular complexity index is 618. The van der Waals surface area contributed by atoms with Gasteiger partial charge in [0.05, 0.1) is 13.3 Å². The standard InChI is InChI=1S/C14H14F2N2O2/c1-3-4-18-13(12(20-2)8-17-18)14(19)9-5-10(15)7-11(16)6-9/h5-8H,3-4H2,1-2H3. The van der Waals surface area contributed by atoms with Crippen molar-refractivity contribution in [3.8, 4) is 5.75 Å². The van der Waals surface area contributed by atoms with Gasteiger partial charge in [0.1, 0.15) is 11.6 Å². The van der Waals surface area contributed by atoms with Gasteiger partial charge in [0.25, 0.3) is 0 Å².